The zero-order chi connectivity index (χ0) is 15.0. The third kappa shape index (κ3) is 2.19. The first-order valence-corrected chi connectivity index (χ1v) is 7.42. The summed E-state index contributed by atoms with van der Waals surface area (Å²) < 4.78 is 0. The Kier molecular flexibility index (Phi) is 3.43. The Hall–Kier alpha value is -2.27. The van der Waals surface area contributed by atoms with Gasteiger partial charge in [0.2, 0.25) is 0 Å². The molecule has 0 radical (unpaired) electrons. The third-order valence-electron chi connectivity index (χ3n) is 3.36. The molecule has 1 heterocycles. The van der Waals surface area contributed by atoms with E-state index in [1.807, 2.05) is 0 Å². The van der Waals surface area contributed by atoms with E-state index in [2.05, 4.69) is 15.9 Å². The van der Waals surface area contributed by atoms with E-state index >= 15 is 0 Å². The van der Waals surface area contributed by atoms with Crippen molar-refractivity contribution in [1.29, 1.82) is 0 Å². The van der Waals surface area contributed by atoms with E-state index in [9.17, 15) is 14.4 Å². The number of nitrogens with zero attached hydrogens (tertiary/aromatic N) is 1. The van der Waals surface area contributed by atoms with Crippen LogP contribution in [0.15, 0.2) is 48.5 Å². The number of halogens is 1. The lowest BCUT2D eigenvalue weighted by atomic mass is 10.1. The number of rotatable bonds is 3. The van der Waals surface area contributed by atoms with Crippen LogP contribution in [-0.2, 0) is 0 Å². The number of hydrogen-bond acceptors (Lipinski definition) is 3. The van der Waals surface area contributed by atoms with Gasteiger partial charge in [0.25, 0.3) is 11.8 Å². The third-order valence-corrected chi connectivity index (χ3v) is 3.87. The number of hydrogen-bond donors (Lipinski definition) is 0. The molecule has 0 saturated carbocycles. The second kappa shape index (κ2) is 5.26. The van der Waals surface area contributed by atoms with Gasteiger partial charge in [-0.15, -0.1) is 0 Å². The van der Waals surface area contributed by atoms with E-state index in [1.165, 1.54) is 0 Å². The summed E-state index contributed by atoms with van der Waals surface area (Å²) >= 11 is 3.11. The van der Waals surface area contributed by atoms with Crippen LogP contribution in [0.2, 0.25) is 0 Å². The predicted molar refractivity (Wildman–Crippen MR) is 82.1 cm³/mol. The SMILES string of the molecule is O=C(CBr)c1ccc(N2C(=O)c3ccccc3C2=O)cc1. The molecule has 0 spiro atoms. The van der Waals surface area contributed by atoms with E-state index in [0.717, 1.165) is 4.90 Å². The zero-order valence-corrected chi connectivity index (χ0v) is 12.5. The van der Waals surface area contributed by atoms with Gasteiger partial charge in [-0.25, -0.2) is 4.90 Å². The molecule has 0 saturated heterocycles. The van der Waals surface area contributed by atoms with Crippen LogP contribution in [0, 0.1) is 0 Å². The van der Waals surface area contributed by atoms with Crippen molar-refractivity contribution in [2.45, 2.75) is 0 Å². The monoisotopic (exact) mass is 343 g/mol. The highest BCUT2D eigenvalue weighted by atomic mass is 79.9. The fraction of sp³-hybridized carbons (Fsp3) is 0.0625. The highest BCUT2D eigenvalue weighted by Gasteiger charge is 2.36. The molecule has 0 bridgehead atoms. The van der Waals surface area contributed by atoms with Crippen LogP contribution >= 0.6 is 15.9 Å². The van der Waals surface area contributed by atoms with Gasteiger partial charge in [-0.1, -0.05) is 28.1 Å². The number of amides is 2. The second-order valence-corrected chi connectivity index (χ2v) is 5.16. The number of anilines is 1. The molecule has 1 aliphatic heterocycles. The molecule has 2 amide bonds. The zero-order valence-electron chi connectivity index (χ0n) is 10.9. The van der Waals surface area contributed by atoms with Crippen molar-refractivity contribution < 1.29 is 14.4 Å². The van der Waals surface area contributed by atoms with Crippen LogP contribution < -0.4 is 4.90 Å². The van der Waals surface area contributed by atoms with Gasteiger partial charge in [-0.2, -0.15) is 0 Å². The van der Waals surface area contributed by atoms with Gasteiger partial charge in [0.05, 0.1) is 22.1 Å². The molecule has 0 atom stereocenters. The molecule has 0 aromatic heterocycles. The van der Waals surface area contributed by atoms with Gasteiger partial charge in [0, 0.05) is 5.56 Å². The molecule has 0 fully saturated rings. The molecule has 0 aliphatic carbocycles. The Bertz CT molecular complexity index is 717. The number of fused-ring (bicyclic) bond motifs is 1. The highest BCUT2D eigenvalue weighted by Crippen LogP contribution is 2.28. The first-order valence-electron chi connectivity index (χ1n) is 6.30. The van der Waals surface area contributed by atoms with Gasteiger partial charge in [0.1, 0.15) is 0 Å². The molecule has 0 unspecified atom stereocenters. The summed E-state index contributed by atoms with van der Waals surface area (Å²) in [5.74, 6) is -0.728. The number of ketones is 1. The minimum atomic E-state index is -0.338. The lowest BCUT2D eigenvalue weighted by molar-refractivity contribution is 0.0925. The molecule has 2 aromatic rings. The van der Waals surface area contributed by atoms with E-state index in [4.69, 9.17) is 0 Å². The topological polar surface area (TPSA) is 54.5 Å². The van der Waals surface area contributed by atoms with Gasteiger partial charge in [-0.05, 0) is 36.4 Å². The van der Waals surface area contributed by atoms with Crippen molar-refractivity contribution in [3.05, 3.63) is 65.2 Å². The molecule has 5 heteroatoms. The minimum Gasteiger partial charge on any atom is -0.293 e. The number of carbonyl (C=O) groups is 3. The van der Waals surface area contributed by atoms with Crippen molar-refractivity contribution in [2.24, 2.45) is 0 Å². The largest absolute Gasteiger partial charge is 0.293 e. The molecule has 3 rings (SSSR count). The number of Topliss-reactive ketones (excluding diaryl/α,β-unsaturated/α-hetero) is 1. The number of benzene rings is 2. The highest BCUT2D eigenvalue weighted by molar-refractivity contribution is 9.09. The van der Waals surface area contributed by atoms with Crippen LogP contribution in [0.25, 0.3) is 0 Å². The van der Waals surface area contributed by atoms with Gasteiger partial charge in [-0.3, -0.25) is 14.4 Å². The quantitative estimate of drug-likeness (QED) is 0.489. The molecular weight excluding hydrogens is 334 g/mol. The Morgan fingerprint density at radius 1 is 0.905 bits per heavy atom. The fourth-order valence-corrected chi connectivity index (χ4v) is 2.62. The Labute approximate surface area is 129 Å². The standard InChI is InChI=1S/C16H10BrNO3/c17-9-14(19)10-5-7-11(8-6-10)18-15(20)12-3-1-2-4-13(12)16(18)21/h1-8H,9H2. The molecule has 0 N–H and O–H groups in total. The lowest BCUT2D eigenvalue weighted by Crippen LogP contribution is -2.29. The van der Waals surface area contributed by atoms with Crippen LogP contribution in [0.5, 0.6) is 0 Å². The maximum absolute atomic E-state index is 12.3. The summed E-state index contributed by atoms with van der Waals surface area (Å²) in [5, 5.41) is 0.235. The van der Waals surface area contributed by atoms with E-state index in [-0.39, 0.29) is 22.9 Å². The summed E-state index contributed by atoms with van der Waals surface area (Å²) in [5.41, 5.74) is 1.81. The average molecular weight is 344 g/mol. The smallest absolute Gasteiger partial charge is 0.266 e. The molecule has 21 heavy (non-hydrogen) atoms. The van der Waals surface area contributed by atoms with Crippen LogP contribution in [-0.4, -0.2) is 22.9 Å². The average Bonchev–Trinajstić information content (AvgIpc) is 2.79. The second-order valence-electron chi connectivity index (χ2n) is 4.59. The van der Waals surface area contributed by atoms with E-state index in [1.54, 1.807) is 48.5 Å². The summed E-state index contributed by atoms with van der Waals surface area (Å²) in [6.45, 7) is 0. The molecular formula is C16H10BrNO3. The van der Waals surface area contributed by atoms with Crippen molar-refractivity contribution in [2.75, 3.05) is 10.2 Å². The molecule has 4 nitrogen and oxygen atoms in total. The Balaban J connectivity index is 1.97. The summed E-state index contributed by atoms with van der Waals surface area (Å²) in [6, 6.07) is 13.2. The number of alkyl halides is 1. The van der Waals surface area contributed by atoms with E-state index in [0.29, 0.717) is 22.4 Å². The van der Waals surface area contributed by atoms with Crippen LogP contribution in [0.1, 0.15) is 31.1 Å². The molecule has 2 aromatic carbocycles. The van der Waals surface area contributed by atoms with Crippen molar-refractivity contribution in [1.82, 2.24) is 0 Å². The van der Waals surface area contributed by atoms with Crippen molar-refractivity contribution in [3.8, 4) is 0 Å². The summed E-state index contributed by atoms with van der Waals surface area (Å²) in [7, 11) is 0. The van der Waals surface area contributed by atoms with Gasteiger partial charge < -0.3 is 0 Å². The molecule has 1 aliphatic rings. The van der Waals surface area contributed by atoms with Gasteiger partial charge >= 0.3 is 0 Å². The predicted octanol–water partition coefficient (Wildman–Crippen LogP) is 3.06. The first kappa shape index (κ1) is 13.7. The fourth-order valence-electron chi connectivity index (χ4n) is 2.30. The Morgan fingerprint density at radius 2 is 1.43 bits per heavy atom. The normalized spacial score (nSPS) is 13.5. The summed E-state index contributed by atoms with van der Waals surface area (Å²) in [6.07, 6.45) is 0. The van der Waals surface area contributed by atoms with Crippen LogP contribution in [0.3, 0.4) is 0 Å². The Morgan fingerprint density at radius 3 is 1.90 bits per heavy atom. The first-order chi connectivity index (χ1) is 10.1. The van der Waals surface area contributed by atoms with Crippen LogP contribution in [0.4, 0.5) is 5.69 Å². The maximum atomic E-state index is 12.3. The van der Waals surface area contributed by atoms with Gasteiger partial charge in [0.15, 0.2) is 5.78 Å². The number of carbonyl (C=O) groups excluding carboxylic acids is 3. The minimum absolute atomic E-state index is 0.0519. The summed E-state index contributed by atoms with van der Waals surface area (Å²) in [4.78, 5) is 37.3. The maximum Gasteiger partial charge on any atom is 0.266 e. The lowest BCUT2D eigenvalue weighted by Gasteiger charge is -2.14. The van der Waals surface area contributed by atoms with Crippen molar-refractivity contribution >= 4 is 39.2 Å². The number of imide groups is 1. The van der Waals surface area contributed by atoms with E-state index < -0.39 is 0 Å². The molecule has 104 valence electrons. The van der Waals surface area contributed by atoms with Crippen molar-refractivity contribution in [3.63, 3.8) is 0 Å².